The van der Waals surface area contributed by atoms with E-state index in [2.05, 4.69) is 10.3 Å². The fraction of sp³-hybridized carbons (Fsp3) is 0.350. The van der Waals surface area contributed by atoms with Crippen LogP contribution in [0.25, 0.3) is 11.1 Å². The first-order valence-electron chi connectivity index (χ1n) is 9.08. The number of rotatable bonds is 5. The summed E-state index contributed by atoms with van der Waals surface area (Å²) in [7, 11) is 0. The third-order valence-electron chi connectivity index (χ3n) is 4.97. The van der Waals surface area contributed by atoms with Crippen molar-refractivity contribution >= 4 is 17.0 Å². The molecular formula is C20H21N3O4. The number of oxazole rings is 1. The number of carbonyl (C=O) groups excluding carboxylic acids is 1. The molecule has 0 saturated carbocycles. The number of hydrogen-bond donors (Lipinski definition) is 1. The first-order chi connectivity index (χ1) is 13.2. The number of aromatic nitrogens is 2. The van der Waals surface area contributed by atoms with Crippen molar-refractivity contribution in [2.24, 2.45) is 5.92 Å². The molecule has 0 radical (unpaired) electrons. The summed E-state index contributed by atoms with van der Waals surface area (Å²) in [6.45, 7) is 1.28. The summed E-state index contributed by atoms with van der Waals surface area (Å²) in [6.07, 6.45) is 5.23. The number of fused-ring (bicyclic) bond motifs is 1. The second-order valence-corrected chi connectivity index (χ2v) is 6.70. The van der Waals surface area contributed by atoms with E-state index >= 15 is 0 Å². The van der Waals surface area contributed by atoms with Gasteiger partial charge in [-0.2, -0.15) is 0 Å². The molecule has 1 atom stereocenters. The van der Waals surface area contributed by atoms with Crippen LogP contribution in [0.15, 0.2) is 58.0 Å². The van der Waals surface area contributed by atoms with Crippen molar-refractivity contribution in [2.45, 2.75) is 25.4 Å². The molecule has 1 saturated heterocycles. The molecule has 4 rings (SSSR count). The zero-order chi connectivity index (χ0) is 18.6. The number of ether oxygens (including phenoxy) is 1. The topological polar surface area (TPSA) is 86.4 Å². The van der Waals surface area contributed by atoms with Crippen LogP contribution in [0.1, 0.15) is 24.4 Å². The smallest absolute Gasteiger partial charge is 0.408 e. The van der Waals surface area contributed by atoms with E-state index in [0.717, 1.165) is 18.4 Å². The Kier molecular flexibility index (Phi) is 5.02. The molecule has 0 spiro atoms. The Morgan fingerprint density at radius 2 is 2.04 bits per heavy atom. The van der Waals surface area contributed by atoms with E-state index in [1.807, 2.05) is 18.2 Å². The molecule has 3 heterocycles. The van der Waals surface area contributed by atoms with Crippen LogP contribution in [0, 0.1) is 5.92 Å². The summed E-state index contributed by atoms with van der Waals surface area (Å²) in [6, 6.07) is 10.8. The molecule has 0 aliphatic carbocycles. The van der Waals surface area contributed by atoms with Crippen molar-refractivity contribution in [3.8, 4) is 0 Å². The summed E-state index contributed by atoms with van der Waals surface area (Å²) in [4.78, 5) is 29.1. The van der Waals surface area contributed by atoms with Crippen molar-refractivity contribution in [3.05, 3.63) is 64.9 Å². The highest BCUT2D eigenvalue weighted by Crippen LogP contribution is 2.29. The van der Waals surface area contributed by atoms with Gasteiger partial charge in [-0.1, -0.05) is 18.2 Å². The quantitative estimate of drug-likeness (QED) is 0.748. The molecule has 1 fully saturated rings. The number of carbonyl (C=O) groups is 1. The van der Waals surface area contributed by atoms with E-state index in [-0.39, 0.29) is 24.4 Å². The molecule has 7 heteroatoms. The van der Waals surface area contributed by atoms with Crippen LogP contribution in [0.5, 0.6) is 0 Å². The van der Waals surface area contributed by atoms with Crippen molar-refractivity contribution in [2.75, 3.05) is 13.2 Å². The van der Waals surface area contributed by atoms with E-state index in [0.29, 0.717) is 24.3 Å². The van der Waals surface area contributed by atoms with E-state index in [1.54, 1.807) is 30.6 Å². The fourth-order valence-corrected chi connectivity index (χ4v) is 3.61. The largest absolute Gasteiger partial charge is 0.420 e. The lowest BCUT2D eigenvalue weighted by atomic mass is 9.87. The minimum Gasteiger partial charge on any atom is -0.408 e. The molecule has 1 amide bonds. The Bertz CT molecular complexity index is 974. The van der Waals surface area contributed by atoms with Gasteiger partial charge in [-0.25, -0.2) is 4.79 Å². The Morgan fingerprint density at radius 1 is 1.22 bits per heavy atom. The van der Waals surface area contributed by atoms with Gasteiger partial charge in [-0.3, -0.25) is 14.3 Å². The number of amides is 1. The number of hydrogen-bond acceptors (Lipinski definition) is 5. The van der Waals surface area contributed by atoms with Gasteiger partial charge in [0.1, 0.15) is 6.54 Å². The van der Waals surface area contributed by atoms with Gasteiger partial charge in [0, 0.05) is 25.6 Å². The van der Waals surface area contributed by atoms with Crippen molar-refractivity contribution in [1.29, 1.82) is 0 Å². The number of nitrogens with one attached hydrogen (secondary N) is 1. The maximum Gasteiger partial charge on any atom is 0.420 e. The molecule has 1 aromatic carbocycles. The Labute approximate surface area is 156 Å². The van der Waals surface area contributed by atoms with Crippen LogP contribution in [0.4, 0.5) is 0 Å². The Hall–Kier alpha value is -2.93. The third kappa shape index (κ3) is 3.78. The van der Waals surface area contributed by atoms with Gasteiger partial charge < -0.3 is 14.5 Å². The van der Waals surface area contributed by atoms with Gasteiger partial charge >= 0.3 is 5.76 Å². The second kappa shape index (κ2) is 7.75. The lowest BCUT2D eigenvalue weighted by Gasteiger charge is -2.31. The highest BCUT2D eigenvalue weighted by molar-refractivity contribution is 5.79. The minimum atomic E-state index is -0.532. The fourth-order valence-electron chi connectivity index (χ4n) is 3.61. The van der Waals surface area contributed by atoms with Crippen LogP contribution in [0.3, 0.4) is 0 Å². The molecule has 27 heavy (non-hydrogen) atoms. The van der Waals surface area contributed by atoms with Crippen molar-refractivity contribution in [1.82, 2.24) is 14.9 Å². The normalized spacial score (nSPS) is 16.3. The van der Waals surface area contributed by atoms with E-state index in [9.17, 15) is 9.59 Å². The number of nitrogens with zero attached hydrogens (tertiary/aromatic N) is 2. The predicted molar refractivity (Wildman–Crippen MR) is 99.1 cm³/mol. The van der Waals surface area contributed by atoms with Crippen molar-refractivity contribution in [3.63, 3.8) is 0 Å². The van der Waals surface area contributed by atoms with Crippen LogP contribution in [-0.2, 0) is 16.1 Å². The highest BCUT2D eigenvalue weighted by Gasteiger charge is 2.27. The maximum atomic E-state index is 12.8. The number of para-hydroxylation sites is 2. The van der Waals surface area contributed by atoms with Crippen molar-refractivity contribution < 1.29 is 13.9 Å². The van der Waals surface area contributed by atoms with Gasteiger partial charge in [0.15, 0.2) is 5.58 Å². The molecule has 7 nitrogen and oxygen atoms in total. The summed E-state index contributed by atoms with van der Waals surface area (Å²) < 4.78 is 12.0. The molecular weight excluding hydrogens is 346 g/mol. The van der Waals surface area contributed by atoms with Gasteiger partial charge in [-0.15, -0.1) is 0 Å². The number of pyridine rings is 1. The van der Waals surface area contributed by atoms with E-state index in [1.165, 1.54) is 4.57 Å². The number of benzene rings is 1. The lowest BCUT2D eigenvalue weighted by molar-refractivity contribution is -0.123. The summed E-state index contributed by atoms with van der Waals surface area (Å²) >= 11 is 0. The third-order valence-corrected chi connectivity index (χ3v) is 4.97. The molecule has 0 bridgehead atoms. The molecule has 1 unspecified atom stereocenters. The van der Waals surface area contributed by atoms with Crippen LogP contribution in [0.2, 0.25) is 0 Å². The van der Waals surface area contributed by atoms with E-state index < -0.39 is 5.76 Å². The SMILES string of the molecule is O=C(Cn1c(=O)oc2ccccc21)NC(c1cccnc1)C1CCOCC1. The summed E-state index contributed by atoms with van der Waals surface area (Å²) in [5.74, 6) is -0.496. The monoisotopic (exact) mass is 367 g/mol. The first-order valence-corrected chi connectivity index (χ1v) is 9.08. The van der Waals surface area contributed by atoms with Gasteiger partial charge in [0.05, 0.1) is 11.6 Å². The summed E-state index contributed by atoms with van der Waals surface area (Å²) in [5, 5.41) is 3.10. The zero-order valence-electron chi connectivity index (χ0n) is 14.8. The molecule has 3 aromatic rings. The molecule has 2 aromatic heterocycles. The summed E-state index contributed by atoms with van der Waals surface area (Å²) in [5.41, 5.74) is 2.05. The molecule has 1 aliphatic heterocycles. The average molecular weight is 367 g/mol. The predicted octanol–water partition coefficient (Wildman–Crippen LogP) is 2.27. The zero-order valence-corrected chi connectivity index (χ0v) is 14.8. The second-order valence-electron chi connectivity index (χ2n) is 6.70. The molecule has 1 N–H and O–H groups in total. The molecule has 1 aliphatic rings. The lowest BCUT2D eigenvalue weighted by Crippen LogP contribution is -2.38. The Morgan fingerprint density at radius 3 is 2.81 bits per heavy atom. The standard InChI is InChI=1S/C20H21N3O4/c24-18(13-23-16-5-1-2-6-17(16)27-20(23)25)22-19(14-7-10-26-11-8-14)15-4-3-9-21-12-15/h1-6,9,12,14,19H,7-8,10-11,13H2,(H,22,24). The van der Waals surface area contributed by atoms with Crippen LogP contribution < -0.4 is 11.1 Å². The first kappa shape index (κ1) is 17.5. The van der Waals surface area contributed by atoms with Gasteiger partial charge in [0.25, 0.3) is 0 Å². The van der Waals surface area contributed by atoms with Gasteiger partial charge in [-0.05, 0) is 42.5 Å². The van der Waals surface area contributed by atoms with E-state index in [4.69, 9.17) is 9.15 Å². The minimum absolute atomic E-state index is 0.0875. The van der Waals surface area contributed by atoms with Gasteiger partial charge in [0.2, 0.25) is 5.91 Å². The highest BCUT2D eigenvalue weighted by atomic mass is 16.5. The Balaban J connectivity index is 1.56. The molecule has 140 valence electrons. The van der Waals surface area contributed by atoms with Crippen LogP contribution >= 0.6 is 0 Å². The average Bonchev–Trinajstić information content (AvgIpc) is 3.03. The van der Waals surface area contributed by atoms with Crippen LogP contribution in [-0.4, -0.2) is 28.7 Å². The maximum absolute atomic E-state index is 12.8.